The lowest BCUT2D eigenvalue weighted by molar-refractivity contribution is 0.385. The highest BCUT2D eigenvalue weighted by Gasteiger charge is 2.09. The predicted octanol–water partition coefficient (Wildman–Crippen LogP) is 2.92. The van der Waals surface area contributed by atoms with Crippen molar-refractivity contribution in [3.05, 3.63) is 60.0 Å². The smallest absolute Gasteiger partial charge is 0.231 e. The van der Waals surface area contributed by atoms with Crippen molar-refractivity contribution < 1.29 is 9.26 Å². The van der Waals surface area contributed by atoms with Gasteiger partial charge in [-0.25, -0.2) is 0 Å². The minimum atomic E-state index is 0.572. The molecule has 0 spiro atoms. The molecule has 0 aliphatic carbocycles. The first-order valence-electron chi connectivity index (χ1n) is 6.56. The Bertz CT molecular complexity index is 718. The number of nitrogens with two attached hydrogens (primary N) is 1. The van der Waals surface area contributed by atoms with Gasteiger partial charge in [0.05, 0.1) is 13.5 Å². The molecule has 0 bridgehead atoms. The summed E-state index contributed by atoms with van der Waals surface area (Å²) in [5.74, 6) is 1.94. The van der Waals surface area contributed by atoms with E-state index in [0.29, 0.717) is 18.1 Å². The van der Waals surface area contributed by atoms with E-state index in [4.69, 9.17) is 15.0 Å². The molecule has 1 heterocycles. The molecule has 0 fully saturated rings. The Labute approximate surface area is 122 Å². The van der Waals surface area contributed by atoms with Gasteiger partial charge in [0.2, 0.25) is 11.7 Å². The number of hydrogen-bond donors (Lipinski definition) is 1. The SMILES string of the molecule is COc1ccc(-c2noc(Cc3ccc(N)cc3)n2)cc1. The zero-order valence-electron chi connectivity index (χ0n) is 11.6. The summed E-state index contributed by atoms with van der Waals surface area (Å²) in [5, 5.41) is 4.00. The predicted molar refractivity (Wildman–Crippen MR) is 79.9 cm³/mol. The summed E-state index contributed by atoms with van der Waals surface area (Å²) in [7, 11) is 1.63. The van der Waals surface area contributed by atoms with Gasteiger partial charge in [-0.1, -0.05) is 17.3 Å². The lowest BCUT2D eigenvalue weighted by atomic mass is 10.1. The van der Waals surface area contributed by atoms with Crippen LogP contribution in [0.15, 0.2) is 53.1 Å². The first-order valence-corrected chi connectivity index (χ1v) is 6.56. The standard InChI is InChI=1S/C16H15N3O2/c1-20-14-8-4-12(5-9-14)16-18-15(21-19-16)10-11-2-6-13(17)7-3-11/h2-9H,10,17H2,1H3. The number of anilines is 1. The first kappa shape index (κ1) is 13.2. The van der Waals surface area contributed by atoms with E-state index in [1.54, 1.807) is 7.11 Å². The van der Waals surface area contributed by atoms with Gasteiger partial charge in [-0.2, -0.15) is 4.98 Å². The lowest BCUT2D eigenvalue weighted by Crippen LogP contribution is -1.90. The molecule has 0 unspecified atom stereocenters. The fourth-order valence-electron chi connectivity index (χ4n) is 1.99. The van der Waals surface area contributed by atoms with Crippen molar-refractivity contribution in [2.45, 2.75) is 6.42 Å². The Morgan fingerprint density at radius 3 is 2.43 bits per heavy atom. The summed E-state index contributed by atoms with van der Waals surface area (Å²) in [5.41, 5.74) is 8.37. The third-order valence-electron chi connectivity index (χ3n) is 3.15. The van der Waals surface area contributed by atoms with Crippen LogP contribution in [-0.2, 0) is 6.42 Å². The number of methoxy groups -OCH3 is 1. The zero-order chi connectivity index (χ0) is 14.7. The van der Waals surface area contributed by atoms with Crippen molar-refractivity contribution in [3.63, 3.8) is 0 Å². The Morgan fingerprint density at radius 1 is 1.05 bits per heavy atom. The molecule has 0 amide bonds. The van der Waals surface area contributed by atoms with Gasteiger partial charge < -0.3 is 15.0 Å². The van der Waals surface area contributed by atoms with Gasteiger partial charge in [-0.3, -0.25) is 0 Å². The molecule has 1 aromatic heterocycles. The van der Waals surface area contributed by atoms with E-state index in [1.807, 2.05) is 48.5 Å². The summed E-state index contributed by atoms with van der Waals surface area (Å²) in [4.78, 5) is 4.40. The Kier molecular flexibility index (Phi) is 3.55. The minimum absolute atomic E-state index is 0.572. The number of nitrogen functional groups attached to an aromatic ring is 1. The van der Waals surface area contributed by atoms with E-state index < -0.39 is 0 Å². The molecule has 0 radical (unpaired) electrons. The van der Waals surface area contributed by atoms with Gasteiger partial charge >= 0.3 is 0 Å². The average molecular weight is 281 g/mol. The maximum absolute atomic E-state index is 5.66. The zero-order valence-corrected chi connectivity index (χ0v) is 11.6. The monoisotopic (exact) mass is 281 g/mol. The van der Waals surface area contributed by atoms with E-state index in [-0.39, 0.29) is 0 Å². The van der Waals surface area contributed by atoms with Crippen molar-refractivity contribution in [2.24, 2.45) is 0 Å². The number of hydrogen-bond acceptors (Lipinski definition) is 5. The van der Waals surface area contributed by atoms with Crippen molar-refractivity contribution in [3.8, 4) is 17.1 Å². The molecular formula is C16H15N3O2. The quantitative estimate of drug-likeness (QED) is 0.744. The van der Waals surface area contributed by atoms with Crippen LogP contribution in [0.4, 0.5) is 5.69 Å². The second-order valence-electron chi connectivity index (χ2n) is 4.66. The second kappa shape index (κ2) is 5.66. The summed E-state index contributed by atoms with van der Waals surface area (Å²) >= 11 is 0. The van der Waals surface area contributed by atoms with Crippen LogP contribution in [0.3, 0.4) is 0 Å². The molecule has 0 saturated carbocycles. The molecule has 0 aliphatic heterocycles. The van der Waals surface area contributed by atoms with Gasteiger partial charge in [-0.15, -0.1) is 0 Å². The maximum Gasteiger partial charge on any atom is 0.231 e. The van der Waals surface area contributed by atoms with Gasteiger partial charge in [0.25, 0.3) is 0 Å². The Hall–Kier alpha value is -2.82. The van der Waals surface area contributed by atoms with E-state index >= 15 is 0 Å². The summed E-state index contributed by atoms with van der Waals surface area (Å²) in [6.07, 6.45) is 0.587. The van der Waals surface area contributed by atoms with Crippen molar-refractivity contribution >= 4 is 5.69 Å². The van der Waals surface area contributed by atoms with E-state index in [0.717, 1.165) is 22.6 Å². The average Bonchev–Trinajstić information content (AvgIpc) is 2.98. The minimum Gasteiger partial charge on any atom is -0.497 e. The van der Waals surface area contributed by atoms with Crippen LogP contribution in [-0.4, -0.2) is 17.3 Å². The third-order valence-corrected chi connectivity index (χ3v) is 3.15. The molecule has 0 atom stereocenters. The first-order chi connectivity index (χ1) is 10.2. The molecule has 106 valence electrons. The summed E-state index contributed by atoms with van der Waals surface area (Å²) in [6, 6.07) is 15.1. The van der Waals surface area contributed by atoms with Crippen molar-refractivity contribution in [2.75, 3.05) is 12.8 Å². The van der Waals surface area contributed by atoms with Crippen molar-refractivity contribution in [1.82, 2.24) is 10.1 Å². The number of nitrogens with zero attached hydrogens (tertiary/aromatic N) is 2. The van der Waals surface area contributed by atoms with Crippen LogP contribution < -0.4 is 10.5 Å². The summed E-state index contributed by atoms with van der Waals surface area (Å²) < 4.78 is 10.4. The fourth-order valence-corrected chi connectivity index (χ4v) is 1.99. The molecule has 2 N–H and O–H groups in total. The highest BCUT2D eigenvalue weighted by atomic mass is 16.5. The van der Waals surface area contributed by atoms with Gasteiger partial charge in [-0.05, 0) is 42.0 Å². The lowest BCUT2D eigenvalue weighted by Gasteiger charge is -1.99. The number of aromatic nitrogens is 2. The normalized spacial score (nSPS) is 10.5. The molecule has 3 aromatic rings. The van der Waals surface area contributed by atoms with E-state index in [1.165, 1.54) is 0 Å². The molecular weight excluding hydrogens is 266 g/mol. The van der Waals surface area contributed by atoms with Crippen LogP contribution >= 0.6 is 0 Å². The molecule has 5 nitrogen and oxygen atoms in total. The molecule has 3 rings (SSSR count). The van der Waals surface area contributed by atoms with Crippen molar-refractivity contribution in [1.29, 1.82) is 0 Å². The molecule has 0 saturated heterocycles. The van der Waals surface area contributed by atoms with Crippen LogP contribution in [0.2, 0.25) is 0 Å². The fraction of sp³-hybridized carbons (Fsp3) is 0.125. The van der Waals surface area contributed by atoms with Crippen LogP contribution in [0.25, 0.3) is 11.4 Å². The Morgan fingerprint density at radius 2 is 1.76 bits per heavy atom. The number of ether oxygens (including phenoxy) is 1. The van der Waals surface area contributed by atoms with Crippen LogP contribution in [0.5, 0.6) is 5.75 Å². The van der Waals surface area contributed by atoms with Crippen LogP contribution in [0, 0.1) is 0 Å². The summed E-state index contributed by atoms with van der Waals surface area (Å²) in [6.45, 7) is 0. The molecule has 5 heteroatoms. The topological polar surface area (TPSA) is 74.2 Å². The molecule has 2 aromatic carbocycles. The van der Waals surface area contributed by atoms with Gasteiger partial charge in [0.1, 0.15) is 5.75 Å². The maximum atomic E-state index is 5.66. The van der Waals surface area contributed by atoms with Gasteiger partial charge in [0.15, 0.2) is 0 Å². The Balaban J connectivity index is 1.77. The molecule has 21 heavy (non-hydrogen) atoms. The second-order valence-corrected chi connectivity index (χ2v) is 4.66. The largest absolute Gasteiger partial charge is 0.497 e. The van der Waals surface area contributed by atoms with E-state index in [9.17, 15) is 0 Å². The van der Waals surface area contributed by atoms with Crippen LogP contribution in [0.1, 0.15) is 11.5 Å². The van der Waals surface area contributed by atoms with Gasteiger partial charge in [0, 0.05) is 11.3 Å². The molecule has 0 aliphatic rings. The number of benzene rings is 2. The van der Waals surface area contributed by atoms with E-state index in [2.05, 4.69) is 10.1 Å². The number of rotatable bonds is 4. The highest BCUT2D eigenvalue weighted by molar-refractivity contribution is 5.55. The highest BCUT2D eigenvalue weighted by Crippen LogP contribution is 2.20. The third kappa shape index (κ3) is 3.02.